The van der Waals surface area contributed by atoms with E-state index in [0.29, 0.717) is 32.1 Å². The summed E-state index contributed by atoms with van der Waals surface area (Å²) in [6.45, 7) is 9.69. The van der Waals surface area contributed by atoms with Gasteiger partial charge in [-0.2, -0.15) is 0 Å². The topological polar surface area (TPSA) is 304 Å². The van der Waals surface area contributed by atoms with Gasteiger partial charge in [-0.1, -0.05) is 26.8 Å². The number of hydrogen-bond donors (Lipinski definition) is 11. The number of ketones is 1. The number of fused-ring (bicyclic) bond motifs is 3. The summed E-state index contributed by atoms with van der Waals surface area (Å²) in [4.78, 5) is 26.1. The van der Waals surface area contributed by atoms with Gasteiger partial charge in [-0.05, 0) is 93.5 Å². The third kappa shape index (κ3) is 7.95. The molecule has 1 spiro atoms. The molecular weight excluding hydrogens is 806 g/mol. The van der Waals surface area contributed by atoms with Crippen molar-refractivity contribution in [2.24, 2.45) is 28.1 Å². The van der Waals surface area contributed by atoms with Crippen molar-refractivity contribution in [2.75, 3.05) is 19.8 Å². The lowest BCUT2D eigenvalue weighted by Gasteiger charge is -2.64. The van der Waals surface area contributed by atoms with Crippen molar-refractivity contribution in [3.8, 4) is 0 Å². The van der Waals surface area contributed by atoms with Gasteiger partial charge in [0.25, 0.3) is 0 Å². The summed E-state index contributed by atoms with van der Waals surface area (Å²) in [6, 6.07) is -0.595. The van der Waals surface area contributed by atoms with Crippen LogP contribution in [0.5, 0.6) is 0 Å². The van der Waals surface area contributed by atoms with Gasteiger partial charge in [-0.25, -0.2) is 0 Å². The molecule has 0 aromatic carbocycles. The molecule has 0 unspecified atom stereocenters. The maximum absolute atomic E-state index is 14.0. The van der Waals surface area contributed by atoms with Gasteiger partial charge in [-0.3, -0.25) is 9.59 Å². The van der Waals surface area contributed by atoms with E-state index in [1.54, 1.807) is 6.92 Å². The number of rotatable bonds is 12. The van der Waals surface area contributed by atoms with E-state index in [1.807, 2.05) is 6.92 Å². The molecule has 1 amide bonds. The summed E-state index contributed by atoms with van der Waals surface area (Å²) >= 11 is 0. The first-order valence-corrected chi connectivity index (χ1v) is 21.7. The van der Waals surface area contributed by atoms with Crippen LogP contribution in [0, 0.1) is 28.1 Å². The molecule has 3 saturated heterocycles. The van der Waals surface area contributed by atoms with Crippen LogP contribution in [0.1, 0.15) is 85.5 Å². The number of ether oxygens (including phenoxy) is 6. The van der Waals surface area contributed by atoms with Gasteiger partial charge in [0, 0.05) is 5.41 Å². The number of aliphatic hydroxyl groups excluding tert-OH is 10. The highest BCUT2D eigenvalue weighted by Crippen LogP contribution is 2.73. The van der Waals surface area contributed by atoms with Gasteiger partial charge in [-0.15, -0.1) is 0 Å². The van der Waals surface area contributed by atoms with Crippen molar-refractivity contribution in [3.05, 3.63) is 12.2 Å². The second-order valence-corrected chi connectivity index (χ2v) is 19.5. The Morgan fingerprint density at radius 2 is 1.25 bits per heavy atom. The smallest absolute Gasteiger partial charge is 0.226 e. The van der Waals surface area contributed by atoms with Crippen molar-refractivity contribution in [1.29, 1.82) is 0 Å². The van der Waals surface area contributed by atoms with E-state index in [4.69, 9.17) is 28.4 Å². The highest BCUT2D eigenvalue weighted by Gasteiger charge is 2.69. The van der Waals surface area contributed by atoms with E-state index >= 15 is 0 Å². The summed E-state index contributed by atoms with van der Waals surface area (Å²) in [6.07, 6.45) is -19.2. The molecule has 7 fully saturated rings. The maximum Gasteiger partial charge on any atom is 0.226 e. The molecule has 22 atom stereocenters. The number of carbonyl (C=O) groups excluding carboxylic acids is 2. The highest BCUT2D eigenvalue weighted by atomic mass is 16.8. The van der Waals surface area contributed by atoms with E-state index in [9.17, 15) is 60.7 Å². The molecule has 0 aromatic heterocycles. The zero-order valence-electron chi connectivity index (χ0n) is 35.3. The first kappa shape index (κ1) is 47.2. The Balaban J connectivity index is 1.19. The van der Waals surface area contributed by atoms with Crippen molar-refractivity contribution < 1.29 is 89.1 Å². The first-order valence-electron chi connectivity index (χ1n) is 21.7. The first-order chi connectivity index (χ1) is 28.7. The van der Waals surface area contributed by atoms with E-state index in [-0.39, 0.29) is 34.4 Å². The van der Waals surface area contributed by atoms with E-state index < -0.39 is 129 Å². The fraction of sp³-hybridized carbons (Fsp3) is 0.905. The molecule has 0 aromatic rings. The van der Waals surface area contributed by atoms with Gasteiger partial charge in [0.05, 0.1) is 31.5 Å². The summed E-state index contributed by atoms with van der Waals surface area (Å²) in [5.74, 6) is 0.0130. The standard InChI is InChI=1S/C42H67NO18/c1-18-13-41-11-7-24-39(4,9-6-10-40(24,5)38(55)43-19(2)20(3)47)25(41)8-12-42(18,17-41)61-37-34(60-36-32(54)30(52)27(49)22(15-45)57-36)33(28(50)23(16-46)58-37)59-35-31(53)29(51)26(48)21(14-44)56-35/h19,21-37,44-46,48-54H,1,6-17H2,2-5H3,(H,43,55)/t19-,21-,22-,23-,24+,25+,26-,27-,28-,29+,30+,31-,32-,33+,34-,35+,36+,37+,39-,40-,41-,42+/m1/s1. The lowest BCUT2D eigenvalue weighted by Crippen LogP contribution is -2.68. The van der Waals surface area contributed by atoms with Crippen molar-refractivity contribution in [2.45, 2.75) is 189 Å². The maximum atomic E-state index is 14.0. The molecule has 4 saturated carbocycles. The van der Waals surface area contributed by atoms with Crippen LogP contribution in [-0.2, 0) is 38.0 Å². The molecule has 0 radical (unpaired) electrons. The molecule has 2 bridgehead atoms. The number of amides is 1. The molecule has 61 heavy (non-hydrogen) atoms. The average Bonchev–Trinajstić information content (AvgIpc) is 3.42. The second kappa shape index (κ2) is 17.6. The Kier molecular flexibility index (Phi) is 13.6. The number of aliphatic hydroxyl groups is 10. The summed E-state index contributed by atoms with van der Waals surface area (Å²) in [7, 11) is 0. The van der Waals surface area contributed by atoms with Crippen LogP contribution in [0.2, 0.25) is 0 Å². The fourth-order valence-electron chi connectivity index (χ4n) is 12.6. The molecule has 348 valence electrons. The Morgan fingerprint density at radius 1 is 0.721 bits per heavy atom. The molecule has 7 rings (SSSR count). The Labute approximate surface area is 354 Å². The van der Waals surface area contributed by atoms with Crippen LogP contribution in [0.15, 0.2) is 12.2 Å². The van der Waals surface area contributed by atoms with E-state index in [2.05, 4.69) is 18.8 Å². The molecule has 4 aliphatic carbocycles. The molecule has 19 nitrogen and oxygen atoms in total. The van der Waals surface area contributed by atoms with Gasteiger partial charge >= 0.3 is 0 Å². The highest BCUT2D eigenvalue weighted by molar-refractivity contribution is 5.89. The van der Waals surface area contributed by atoms with Gasteiger partial charge in [0.1, 0.15) is 73.2 Å². The molecule has 3 aliphatic heterocycles. The molecular formula is C42H67NO18. The van der Waals surface area contributed by atoms with Crippen LogP contribution in [0.25, 0.3) is 0 Å². The van der Waals surface area contributed by atoms with Crippen molar-refractivity contribution in [3.63, 3.8) is 0 Å². The summed E-state index contributed by atoms with van der Waals surface area (Å²) < 4.78 is 36.9. The minimum Gasteiger partial charge on any atom is -0.394 e. The lowest BCUT2D eigenvalue weighted by atomic mass is 9.40. The average molecular weight is 874 g/mol. The predicted molar refractivity (Wildman–Crippen MR) is 207 cm³/mol. The monoisotopic (exact) mass is 873 g/mol. The SMILES string of the molecule is C=C1C[C@@]23CC[C@H]4[C@@](C)(CCC[C@@]4(C)C(=O)N[C@H](C)C(C)=O)[C@@H]2CC[C@]1(O[C@@H]1O[C@H](CO)[C@@H](O)[C@H](O[C@@H]2O[C@H](CO)[C@@H](O)[C@H](O)[C@H]2O)[C@H]1O[C@@H]1O[C@H](CO)[C@@H](O)[C@H](O)[C@H]1O)C3. The van der Waals surface area contributed by atoms with E-state index in [0.717, 1.165) is 31.3 Å². The van der Waals surface area contributed by atoms with Crippen LogP contribution in [-0.4, -0.2) is 186 Å². The van der Waals surface area contributed by atoms with Crippen molar-refractivity contribution in [1.82, 2.24) is 5.32 Å². The van der Waals surface area contributed by atoms with Gasteiger partial charge in [0.15, 0.2) is 24.7 Å². The molecule has 11 N–H and O–H groups in total. The Morgan fingerprint density at radius 3 is 1.80 bits per heavy atom. The fourth-order valence-corrected chi connectivity index (χ4v) is 12.6. The van der Waals surface area contributed by atoms with Crippen LogP contribution in [0.4, 0.5) is 0 Å². The van der Waals surface area contributed by atoms with Gasteiger partial charge < -0.3 is 84.8 Å². The number of carbonyl (C=O) groups is 2. The summed E-state index contributed by atoms with van der Waals surface area (Å²) in [5.41, 5.74) is -1.47. The Hall–Kier alpha value is -1.76. The molecule has 7 aliphatic rings. The lowest BCUT2D eigenvalue weighted by molar-refractivity contribution is -0.400. The number of hydrogen-bond acceptors (Lipinski definition) is 18. The van der Waals surface area contributed by atoms with E-state index in [1.165, 1.54) is 6.92 Å². The zero-order chi connectivity index (χ0) is 44.6. The van der Waals surface area contributed by atoms with Crippen LogP contribution in [0.3, 0.4) is 0 Å². The minimum atomic E-state index is -1.92. The number of nitrogens with one attached hydrogen (secondary N) is 1. The third-order valence-corrected chi connectivity index (χ3v) is 16.0. The second-order valence-electron chi connectivity index (χ2n) is 19.5. The third-order valence-electron chi connectivity index (χ3n) is 16.0. The zero-order valence-corrected chi connectivity index (χ0v) is 35.3. The normalized spacial score (nSPS) is 51.6. The molecule has 19 heteroatoms. The number of Topliss-reactive ketones (excluding diaryl/α,β-unsaturated/α-hetero) is 1. The van der Waals surface area contributed by atoms with Crippen LogP contribution < -0.4 is 5.32 Å². The largest absolute Gasteiger partial charge is 0.394 e. The predicted octanol–water partition coefficient (Wildman–Crippen LogP) is -2.36. The Bertz CT molecular complexity index is 1620. The minimum absolute atomic E-state index is 0.0518. The van der Waals surface area contributed by atoms with Crippen molar-refractivity contribution >= 4 is 11.7 Å². The molecule has 3 heterocycles. The van der Waals surface area contributed by atoms with Gasteiger partial charge in [0.2, 0.25) is 5.91 Å². The van der Waals surface area contributed by atoms with Crippen LogP contribution >= 0.6 is 0 Å². The summed E-state index contributed by atoms with van der Waals surface area (Å²) in [5, 5.41) is 109. The quantitative estimate of drug-likeness (QED) is 0.0722.